The highest BCUT2D eigenvalue weighted by Gasteiger charge is 2.23. The normalized spacial score (nSPS) is 19.1. The minimum absolute atomic E-state index is 0.0147. The average molecular weight is 363 g/mol. The first kappa shape index (κ1) is 22.2. The maximum Gasteiger partial charge on any atom is 0.303 e. The van der Waals surface area contributed by atoms with Crippen LogP contribution in [0.3, 0.4) is 0 Å². The minimum Gasteiger partial charge on any atom is -0.481 e. The molecule has 1 unspecified atom stereocenters. The van der Waals surface area contributed by atoms with Crippen molar-refractivity contribution in [2.45, 2.75) is 89.7 Å². The van der Waals surface area contributed by atoms with Gasteiger partial charge in [-0.2, -0.15) is 0 Å². The second kappa shape index (κ2) is 13.4. The highest BCUT2D eigenvalue weighted by molar-refractivity contribution is 5.77. The Labute approximate surface area is 157 Å². The van der Waals surface area contributed by atoms with Gasteiger partial charge in [0.25, 0.3) is 0 Å². The minimum atomic E-state index is -0.808. The molecule has 1 rings (SSSR count). The van der Waals surface area contributed by atoms with E-state index in [-0.39, 0.29) is 18.4 Å². The lowest BCUT2D eigenvalue weighted by Gasteiger charge is -2.26. The number of carbonyl (C=O) groups excluding carboxylic acids is 1. The summed E-state index contributed by atoms with van der Waals surface area (Å²) in [5.41, 5.74) is 0. The summed E-state index contributed by atoms with van der Waals surface area (Å²) in [5.74, 6) is 5.28. The lowest BCUT2D eigenvalue weighted by Crippen LogP contribution is -2.38. The number of aliphatic hydroxyl groups is 1. The largest absolute Gasteiger partial charge is 0.481 e. The predicted octanol–water partition coefficient (Wildman–Crippen LogP) is 3.51. The number of likely N-dealkylation sites (tertiary alicyclic amines) is 1. The number of amides is 1. The Morgan fingerprint density at radius 2 is 2.12 bits per heavy atom. The zero-order valence-corrected chi connectivity index (χ0v) is 16.0. The van der Waals surface area contributed by atoms with Gasteiger partial charge in [0.15, 0.2) is 0 Å². The SMILES string of the molecule is CCCCCC(O)C=C[C@H]1CCCCC(=O)N1CC#CCCCC(=O)O. The summed E-state index contributed by atoms with van der Waals surface area (Å²) in [6.45, 7) is 2.51. The summed E-state index contributed by atoms with van der Waals surface area (Å²) in [7, 11) is 0. The van der Waals surface area contributed by atoms with Crippen LogP contribution in [0.4, 0.5) is 0 Å². The van der Waals surface area contributed by atoms with Gasteiger partial charge in [-0.3, -0.25) is 9.59 Å². The number of hydrogen-bond acceptors (Lipinski definition) is 3. The quantitative estimate of drug-likeness (QED) is 0.354. The highest BCUT2D eigenvalue weighted by Crippen LogP contribution is 2.19. The van der Waals surface area contributed by atoms with E-state index in [1.807, 2.05) is 12.2 Å². The fraction of sp³-hybridized carbons (Fsp3) is 0.714. The zero-order chi connectivity index (χ0) is 19.2. The van der Waals surface area contributed by atoms with Gasteiger partial charge in [-0.05, 0) is 25.7 Å². The van der Waals surface area contributed by atoms with Crippen LogP contribution in [0, 0.1) is 11.8 Å². The van der Waals surface area contributed by atoms with Gasteiger partial charge in [0, 0.05) is 19.3 Å². The van der Waals surface area contributed by atoms with E-state index >= 15 is 0 Å². The first-order chi connectivity index (χ1) is 12.5. The predicted molar refractivity (Wildman–Crippen MR) is 103 cm³/mol. The van der Waals surface area contributed by atoms with E-state index in [0.29, 0.717) is 25.8 Å². The van der Waals surface area contributed by atoms with Crippen LogP contribution in [0.1, 0.15) is 77.6 Å². The van der Waals surface area contributed by atoms with Gasteiger partial charge in [-0.1, -0.05) is 50.7 Å². The lowest BCUT2D eigenvalue weighted by molar-refractivity contribution is -0.137. The molecule has 2 atom stereocenters. The summed E-state index contributed by atoms with van der Waals surface area (Å²) in [5, 5.41) is 18.7. The molecule has 1 amide bonds. The fourth-order valence-electron chi connectivity index (χ4n) is 3.03. The topological polar surface area (TPSA) is 77.8 Å². The highest BCUT2D eigenvalue weighted by atomic mass is 16.4. The van der Waals surface area contributed by atoms with Gasteiger partial charge in [-0.15, -0.1) is 5.92 Å². The van der Waals surface area contributed by atoms with Crippen LogP contribution in [0.15, 0.2) is 12.2 Å². The van der Waals surface area contributed by atoms with Crippen molar-refractivity contribution in [2.24, 2.45) is 0 Å². The Kier molecular flexibility index (Phi) is 11.5. The van der Waals surface area contributed by atoms with Crippen molar-refractivity contribution in [3.63, 3.8) is 0 Å². The summed E-state index contributed by atoms with van der Waals surface area (Å²) in [4.78, 5) is 24.7. The molecule has 0 aromatic rings. The third-order valence-electron chi connectivity index (χ3n) is 4.59. The van der Waals surface area contributed by atoms with Gasteiger partial charge in [0.05, 0.1) is 18.7 Å². The van der Waals surface area contributed by atoms with Crippen LogP contribution in [-0.4, -0.2) is 45.7 Å². The third-order valence-corrected chi connectivity index (χ3v) is 4.59. The summed E-state index contributed by atoms with van der Waals surface area (Å²) in [6.07, 6.45) is 11.9. The second-order valence-electron chi connectivity index (χ2n) is 6.88. The molecule has 0 bridgehead atoms. The molecule has 0 radical (unpaired) electrons. The number of carboxylic acids is 1. The number of unbranched alkanes of at least 4 members (excludes halogenated alkanes) is 3. The Bertz CT molecular complexity index is 518. The van der Waals surface area contributed by atoms with Crippen LogP contribution in [0.25, 0.3) is 0 Å². The molecule has 0 aromatic carbocycles. The van der Waals surface area contributed by atoms with Gasteiger partial charge in [0.1, 0.15) is 0 Å². The van der Waals surface area contributed by atoms with Crippen molar-refractivity contribution in [1.29, 1.82) is 0 Å². The van der Waals surface area contributed by atoms with E-state index < -0.39 is 12.1 Å². The number of nitrogens with zero attached hydrogens (tertiary/aromatic N) is 1. The van der Waals surface area contributed by atoms with Crippen molar-refractivity contribution >= 4 is 11.9 Å². The van der Waals surface area contributed by atoms with Crippen LogP contribution < -0.4 is 0 Å². The lowest BCUT2D eigenvalue weighted by atomic mass is 10.1. The molecule has 1 saturated heterocycles. The smallest absolute Gasteiger partial charge is 0.303 e. The van der Waals surface area contributed by atoms with Crippen LogP contribution >= 0.6 is 0 Å². The third kappa shape index (κ3) is 9.62. The fourth-order valence-corrected chi connectivity index (χ4v) is 3.03. The maximum absolute atomic E-state index is 12.4. The molecule has 5 nitrogen and oxygen atoms in total. The molecular formula is C21H33NO4. The molecule has 0 saturated carbocycles. The Hall–Kier alpha value is -1.80. The second-order valence-corrected chi connectivity index (χ2v) is 6.88. The number of rotatable bonds is 10. The molecule has 2 N–H and O–H groups in total. The van der Waals surface area contributed by atoms with Gasteiger partial charge in [0.2, 0.25) is 5.91 Å². The van der Waals surface area contributed by atoms with E-state index in [0.717, 1.165) is 44.9 Å². The molecule has 0 aliphatic carbocycles. The van der Waals surface area contributed by atoms with Crippen LogP contribution in [-0.2, 0) is 9.59 Å². The molecule has 5 heteroatoms. The average Bonchev–Trinajstić information content (AvgIpc) is 2.77. The summed E-state index contributed by atoms with van der Waals surface area (Å²) in [6, 6.07) is -0.0147. The number of carbonyl (C=O) groups is 2. The molecule has 26 heavy (non-hydrogen) atoms. The van der Waals surface area contributed by atoms with Gasteiger partial charge >= 0.3 is 5.97 Å². The first-order valence-electron chi connectivity index (χ1n) is 9.88. The van der Waals surface area contributed by atoms with E-state index in [1.165, 1.54) is 0 Å². The van der Waals surface area contributed by atoms with E-state index in [9.17, 15) is 14.7 Å². The van der Waals surface area contributed by atoms with Crippen LogP contribution in [0.2, 0.25) is 0 Å². The van der Waals surface area contributed by atoms with Crippen molar-refractivity contribution in [3.8, 4) is 11.8 Å². The van der Waals surface area contributed by atoms with Crippen molar-refractivity contribution in [3.05, 3.63) is 12.2 Å². The number of hydrogen-bond donors (Lipinski definition) is 2. The first-order valence-corrected chi connectivity index (χ1v) is 9.88. The van der Waals surface area contributed by atoms with Crippen molar-refractivity contribution in [1.82, 2.24) is 4.90 Å². The Morgan fingerprint density at radius 3 is 2.85 bits per heavy atom. The zero-order valence-electron chi connectivity index (χ0n) is 16.0. The van der Waals surface area contributed by atoms with E-state index in [2.05, 4.69) is 18.8 Å². The Balaban J connectivity index is 2.57. The molecular weight excluding hydrogens is 330 g/mol. The molecule has 1 fully saturated rings. The molecule has 0 aromatic heterocycles. The number of carboxylic acid groups (broad SMARTS) is 1. The monoisotopic (exact) mass is 363 g/mol. The molecule has 1 aliphatic rings. The maximum atomic E-state index is 12.4. The van der Waals surface area contributed by atoms with Crippen molar-refractivity contribution in [2.75, 3.05) is 6.54 Å². The van der Waals surface area contributed by atoms with Crippen molar-refractivity contribution < 1.29 is 19.8 Å². The van der Waals surface area contributed by atoms with Crippen LogP contribution in [0.5, 0.6) is 0 Å². The van der Waals surface area contributed by atoms with E-state index in [4.69, 9.17) is 5.11 Å². The van der Waals surface area contributed by atoms with Gasteiger partial charge in [-0.25, -0.2) is 0 Å². The Morgan fingerprint density at radius 1 is 1.31 bits per heavy atom. The summed E-state index contributed by atoms with van der Waals surface area (Å²) >= 11 is 0. The number of aliphatic carboxylic acids is 1. The van der Waals surface area contributed by atoms with Gasteiger partial charge < -0.3 is 15.1 Å². The molecule has 146 valence electrons. The van der Waals surface area contributed by atoms with E-state index in [1.54, 1.807) is 4.90 Å². The molecule has 0 spiro atoms. The standard InChI is InChI=1S/C21H33NO4/c1-2-3-6-12-19(23)16-15-18-11-8-9-13-20(24)22(18)17-10-5-4-7-14-21(25)26/h15-16,18-19,23H,2-4,6-9,11-14,17H2,1H3,(H,25,26)/t18-,19?/m1/s1. The summed E-state index contributed by atoms with van der Waals surface area (Å²) < 4.78 is 0. The molecule has 1 heterocycles. The number of aliphatic hydroxyl groups excluding tert-OH is 1. The molecule has 1 aliphatic heterocycles.